The van der Waals surface area contributed by atoms with Crippen molar-refractivity contribution in [2.75, 3.05) is 0 Å². The van der Waals surface area contributed by atoms with Crippen molar-refractivity contribution in [3.8, 4) is 6.07 Å². The second-order valence-corrected chi connectivity index (χ2v) is 4.22. The molecule has 0 saturated carbocycles. The molecule has 0 aliphatic heterocycles. The maximum Gasteiger partial charge on any atom is 0.257 e. The third-order valence-corrected chi connectivity index (χ3v) is 3.24. The number of rotatable bonds is 1. The summed E-state index contributed by atoms with van der Waals surface area (Å²) in [6, 6.07) is 10.9. The van der Waals surface area contributed by atoms with Crippen LogP contribution >= 0.6 is 11.6 Å². The van der Waals surface area contributed by atoms with Crippen LogP contribution < -0.4 is 5.56 Å². The Labute approximate surface area is 107 Å². The van der Waals surface area contributed by atoms with Crippen LogP contribution in [0.5, 0.6) is 0 Å². The standard InChI is InChI=1S/C13H8ClN3O/c14-6-8-5-12(18)17-11-4-2-1-3-10(11)16-13(17)9(8)7-15/h1-5,16H,6H2. The van der Waals surface area contributed by atoms with Gasteiger partial charge in [-0.3, -0.25) is 9.20 Å². The Morgan fingerprint density at radius 3 is 2.89 bits per heavy atom. The number of para-hydroxylation sites is 2. The van der Waals surface area contributed by atoms with Gasteiger partial charge in [0.15, 0.2) is 0 Å². The fraction of sp³-hybridized carbons (Fsp3) is 0.0769. The third-order valence-electron chi connectivity index (χ3n) is 2.95. The first-order valence-corrected chi connectivity index (χ1v) is 5.91. The van der Waals surface area contributed by atoms with Gasteiger partial charge in [0.2, 0.25) is 0 Å². The molecule has 0 radical (unpaired) electrons. The summed E-state index contributed by atoms with van der Waals surface area (Å²) in [5, 5.41) is 9.22. The quantitative estimate of drug-likeness (QED) is 0.681. The van der Waals surface area contributed by atoms with Gasteiger partial charge in [-0.1, -0.05) is 12.1 Å². The Bertz CT molecular complexity index is 854. The van der Waals surface area contributed by atoms with Gasteiger partial charge in [-0.15, -0.1) is 11.6 Å². The summed E-state index contributed by atoms with van der Waals surface area (Å²) in [7, 11) is 0. The van der Waals surface area contributed by atoms with Gasteiger partial charge < -0.3 is 4.98 Å². The van der Waals surface area contributed by atoms with Crippen molar-refractivity contribution in [2.24, 2.45) is 0 Å². The highest BCUT2D eigenvalue weighted by atomic mass is 35.5. The minimum atomic E-state index is -0.183. The number of aromatic amines is 1. The maximum absolute atomic E-state index is 12.1. The van der Waals surface area contributed by atoms with E-state index in [2.05, 4.69) is 11.1 Å². The molecule has 0 spiro atoms. The normalized spacial score (nSPS) is 10.9. The number of imidazole rings is 1. The smallest absolute Gasteiger partial charge is 0.257 e. The highest BCUT2D eigenvalue weighted by molar-refractivity contribution is 6.17. The van der Waals surface area contributed by atoms with Gasteiger partial charge in [0.1, 0.15) is 11.7 Å². The highest BCUT2D eigenvalue weighted by Gasteiger charge is 2.13. The fourth-order valence-electron chi connectivity index (χ4n) is 2.15. The van der Waals surface area contributed by atoms with Crippen molar-refractivity contribution >= 4 is 28.3 Å². The van der Waals surface area contributed by atoms with E-state index in [0.29, 0.717) is 16.8 Å². The zero-order valence-corrected chi connectivity index (χ0v) is 10.0. The topological polar surface area (TPSA) is 61.1 Å². The number of nitrogens with one attached hydrogen (secondary N) is 1. The minimum Gasteiger partial charge on any atom is -0.338 e. The van der Waals surface area contributed by atoms with Crippen LogP contribution in [0.2, 0.25) is 0 Å². The highest BCUT2D eigenvalue weighted by Crippen LogP contribution is 2.20. The first-order chi connectivity index (χ1) is 8.76. The summed E-state index contributed by atoms with van der Waals surface area (Å²) >= 11 is 5.77. The lowest BCUT2D eigenvalue weighted by Gasteiger charge is -2.01. The van der Waals surface area contributed by atoms with Crippen molar-refractivity contribution in [3.63, 3.8) is 0 Å². The SMILES string of the molecule is N#Cc1c(CCl)cc(=O)n2c1[nH]c1ccccc12. The monoisotopic (exact) mass is 257 g/mol. The van der Waals surface area contributed by atoms with E-state index in [-0.39, 0.29) is 11.4 Å². The molecule has 0 unspecified atom stereocenters. The summed E-state index contributed by atoms with van der Waals surface area (Å²) in [5.74, 6) is 0.143. The van der Waals surface area contributed by atoms with Crippen LogP contribution in [0.3, 0.4) is 0 Å². The molecule has 5 heteroatoms. The van der Waals surface area contributed by atoms with Gasteiger partial charge >= 0.3 is 0 Å². The lowest BCUT2D eigenvalue weighted by Crippen LogP contribution is -2.14. The predicted octanol–water partition coefficient (Wildman–Crippen LogP) is 2.39. The molecule has 0 fully saturated rings. The number of hydrogen-bond acceptors (Lipinski definition) is 2. The van der Waals surface area contributed by atoms with Crippen molar-refractivity contribution < 1.29 is 0 Å². The molecular weight excluding hydrogens is 250 g/mol. The average molecular weight is 258 g/mol. The lowest BCUT2D eigenvalue weighted by molar-refractivity contribution is 1.12. The Morgan fingerprint density at radius 1 is 1.39 bits per heavy atom. The van der Waals surface area contributed by atoms with Gasteiger partial charge in [0.05, 0.1) is 16.6 Å². The fourth-order valence-corrected chi connectivity index (χ4v) is 2.36. The Kier molecular flexibility index (Phi) is 2.35. The first kappa shape index (κ1) is 10.9. The number of H-pyrrole nitrogens is 1. The van der Waals surface area contributed by atoms with E-state index in [0.717, 1.165) is 11.0 Å². The Hall–Kier alpha value is -2.25. The van der Waals surface area contributed by atoms with Crippen LogP contribution in [-0.2, 0) is 5.88 Å². The molecule has 1 N–H and O–H groups in total. The van der Waals surface area contributed by atoms with Crippen molar-refractivity contribution in [3.05, 3.63) is 51.8 Å². The first-order valence-electron chi connectivity index (χ1n) is 5.37. The third kappa shape index (κ3) is 1.35. The lowest BCUT2D eigenvalue weighted by atomic mass is 10.1. The number of pyridine rings is 1. The molecule has 88 valence electrons. The number of fused-ring (bicyclic) bond motifs is 3. The number of hydrogen-bond donors (Lipinski definition) is 1. The average Bonchev–Trinajstić information content (AvgIpc) is 2.78. The molecule has 0 amide bonds. The summed E-state index contributed by atoms with van der Waals surface area (Å²) in [4.78, 5) is 15.2. The second kappa shape index (κ2) is 3.90. The summed E-state index contributed by atoms with van der Waals surface area (Å²) in [5.41, 5.74) is 2.86. The number of nitriles is 1. The minimum absolute atomic E-state index is 0.143. The van der Waals surface area contributed by atoms with E-state index >= 15 is 0 Å². The molecule has 1 aromatic carbocycles. The summed E-state index contributed by atoms with van der Waals surface area (Å²) in [6.07, 6.45) is 0. The molecule has 4 nitrogen and oxygen atoms in total. The predicted molar refractivity (Wildman–Crippen MR) is 69.8 cm³/mol. The van der Waals surface area contributed by atoms with Crippen LogP contribution in [0.25, 0.3) is 16.7 Å². The van der Waals surface area contributed by atoms with E-state index in [9.17, 15) is 10.1 Å². The zero-order valence-electron chi connectivity index (χ0n) is 9.27. The molecule has 0 atom stereocenters. The van der Waals surface area contributed by atoms with Crippen LogP contribution in [0, 0.1) is 11.3 Å². The molecule has 2 aromatic heterocycles. The van der Waals surface area contributed by atoms with Gasteiger partial charge in [0.25, 0.3) is 5.56 Å². The van der Waals surface area contributed by atoms with Crippen molar-refractivity contribution in [1.82, 2.24) is 9.38 Å². The van der Waals surface area contributed by atoms with E-state index in [1.165, 1.54) is 10.5 Å². The largest absolute Gasteiger partial charge is 0.338 e. The molecular formula is C13H8ClN3O. The Morgan fingerprint density at radius 2 is 2.17 bits per heavy atom. The zero-order chi connectivity index (χ0) is 12.7. The van der Waals surface area contributed by atoms with Crippen LogP contribution in [0.4, 0.5) is 0 Å². The van der Waals surface area contributed by atoms with E-state index in [1.807, 2.05) is 24.3 Å². The van der Waals surface area contributed by atoms with E-state index in [4.69, 9.17) is 11.6 Å². The van der Waals surface area contributed by atoms with Gasteiger partial charge in [-0.25, -0.2) is 0 Å². The van der Waals surface area contributed by atoms with Gasteiger partial charge in [0, 0.05) is 11.9 Å². The molecule has 0 aliphatic carbocycles. The number of benzene rings is 1. The number of aromatic nitrogens is 2. The molecule has 0 saturated heterocycles. The van der Waals surface area contributed by atoms with Crippen LogP contribution in [-0.4, -0.2) is 9.38 Å². The molecule has 2 heterocycles. The number of nitrogens with zero attached hydrogens (tertiary/aromatic N) is 2. The maximum atomic E-state index is 12.1. The van der Waals surface area contributed by atoms with Gasteiger partial charge in [-0.05, 0) is 17.7 Å². The molecule has 3 aromatic rings. The second-order valence-electron chi connectivity index (χ2n) is 3.95. The summed E-state index contributed by atoms with van der Waals surface area (Å²) in [6.45, 7) is 0. The van der Waals surface area contributed by atoms with Crippen molar-refractivity contribution in [1.29, 1.82) is 5.26 Å². The molecule has 3 rings (SSSR count). The van der Waals surface area contributed by atoms with E-state index < -0.39 is 0 Å². The Balaban J connectivity index is 2.63. The number of alkyl halides is 1. The molecule has 0 aliphatic rings. The van der Waals surface area contributed by atoms with E-state index in [1.54, 1.807) is 0 Å². The van der Waals surface area contributed by atoms with Gasteiger partial charge in [-0.2, -0.15) is 5.26 Å². The van der Waals surface area contributed by atoms with Crippen LogP contribution in [0.15, 0.2) is 35.1 Å². The molecule has 0 bridgehead atoms. The van der Waals surface area contributed by atoms with Crippen molar-refractivity contribution in [2.45, 2.75) is 5.88 Å². The van der Waals surface area contributed by atoms with Crippen LogP contribution in [0.1, 0.15) is 11.1 Å². The summed E-state index contributed by atoms with van der Waals surface area (Å²) < 4.78 is 1.50. The molecule has 18 heavy (non-hydrogen) atoms. The number of halogens is 1.